The Morgan fingerprint density at radius 2 is 1.94 bits per heavy atom. The number of carboxylic acid groups (broad SMARTS) is 1. The van der Waals surface area contributed by atoms with Gasteiger partial charge in [0, 0.05) is 12.6 Å². The molecule has 0 aliphatic rings. The minimum Gasteiger partial charge on any atom is -0.481 e. The number of nitrogens with zero attached hydrogens (tertiary/aromatic N) is 1. The molecule has 0 atom stereocenters. The van der Waals surface area contributed by atoms with Gasteiger partial charge < -0.3 is 20.1 Å². The van der Waals surface area contributed by atoms with Crippen molar-refractivity contribution in [1.29, 1.82) is 0 Å². The molecule has 0 rings (SSSR count). The fraction of sp³-hybridized carbons (Fsp3) is 0.727. The fourth-order valence-electron chi connectivity index (χ4n) is 1.21. The van der Waals surface area contributed by atoms with Gasteiger partial charge in [-0.3, -0.25) is 9.59 Å². The highest BCUT2D eigenvalue weighted by Gasteiger charge is 2.20. The first-order valence-corrected chi connectivity index (χ1v) is 5.80. The molecule has 0 aliphatic carbocycles. The highest BCUT2D eigenvalue weighted by Crippen LogP contribution is 1.99. The lowest BCUT2D eigenvalue weighted by atomic mass is 10.3. The van der Waals surface area contributed by atoms with Crippen LogP contribution in [0, 0.1) is 0 Å². The van der Waals surface area contributed by atoms with Crippen LogP contribution in [0.1, 0.15) is 27.2 Å². The van der Waals surface area contributed by atoms with Crippen molar-refractivity contribution in [2.45, 2.75) is 33.2 Å². The number of amides is 2. The van der Waals surface area contributed by atoms with E-state index in [2.05, 4.69) is 5.32 Å². The van der Waals surface area contributed by atoms with E-state index in [9.17, 15) is 14.4 Å². The molecule has 104 valence electrons. The van der Waals surface area contributed by atoms with Gasteiger partial charge in [0.25, 0.3) is 0 Å². The molecule has 18 heavy (non-hydrogen) atoms. The SMILES string of the molecule is CCOC(=O)CN(C(=O)NCCC(=O)O)C(C)C. The van der Waals surface area contributed by atoms with Crippen LogP contribution in [0.2, 0.25) is 0 Å². The number of aliphatic carboxylic acids is 1. The van der Waals surface area contributed by atoms with Crippen molar-refractivity contribution in [1.82, 2.24) is 10.2 Å². The van der Waals surface area contributed by atoms with Crippen LogP contribution >= 0.6 is 0 Å². The maximum absolute atomic E-state index is 11.7. The summed E-state index contributed by atoms with van der Waals surface area (Å²) in [5.74, 6) is -1.48. The van der Waals surface area contributed by atoms with Crippen molar-refractivity contribution in [3.05, 3.63) is 0 Å². The molecule has 0 aromatic carbocycles. The second kappa shape index (κ2) is 8.32. The van der Waals surface area contributed by atoms with Crippen LogP contribution in [0.4, 0.5) is 4.79 Å². The molecule has 0 saturated heterocycles. The number of hydrogen-bond acceptors (Lipinski definition) is 4. The second-order valence-electron chi connectivity index (χ2n) is 3.90. The first-order valence-electron chi connectivity index (χ1n) is 5.80. The van der Waals surface area contributed by atoms with Crippen LogP contribution in [-0.2, 0) is 14.3 Å². The fourth-order valence-corrected chi connectivity index (χ4v) is 1.21. The van der Waals surface area contributed by atoms with Gasteiger partial charge >= 0.3 is 18.0 Å². The average molecular weight is 260 g/mol. The van der Waals surface area contributed by atoms with Gasteiger partial charge in [-0.05, 0) is 20.8 Å². The van der Waals surface area contributed by atoms with Crippen molar-refractivity contribution in [2.75, 3.05) is 19.7 Å². The van der Waals surface area contributed by atoms with E-state index in [0.29, 0.717) is 0 Å². The Kier molecular flexibility index (Phi) is 7.50. The summed E-state index contributed by atoms with van der Waals surface area (Å²) in [5, 5.41) is 10.9. The smallest absolute Gasteiger partial charge is 0.325 e. The molecular weight excluding hydrogens is 240 g/mol. The number of rotatable bonds is 7. The van der Waals surface area contributed by atoms with Crippen molar-refractivity contribution in [2.24, 2.45) is 0 Å². The molecule has 0 aromatic rings. The Labute approximate surface area is 106 Å². The third kappa shape index (κ3) is 6.72. The van der Waals surface area contributed by atoms with Crippen LogP contribution in [-0.4, -0.2) is 53.7 Å². The summed E-state index contributed by atoms with van der Waals surface area (Å²) in [6.07, 6.45) is -0.156. The monoisotopic (exact) mass is 260 g/mol. The Hall–Kier alpha value is -1.79. The topological polar surface area (TPSA) is 95.9 Å². The number of carboxylic acids is 1. The number of esters is 1. The van der Waals surface area contributed by atoms with E-state index >= 15 is 0 Å². The predicted molar refractivity (Wildman–Crippen MR) is 64.1 cm³/mol. The lowest BCUT2D eigenvalue weighted by molar-refractivity contribution is -0.144. The summed E-state index contributed by atoms with van der Waals surface area (Å²) < 4.78 is 4.76. The number of ether oxygens (including phenoxy) is 1. The van der Waals surface area contributed by atoms with E-state index in [0.717, 1.165) is 0 Å². The highest BCUT2D eigenvalue weighted by atomic mass is 16.5. The van der Waals surface area contributed by atoms with Gasteiger partial charge in [0.05, 0.1) is 13.0 Å². The largest absolute Gasteiger partial charge is 0.481 e. The molecule has 0 unspecified atom stereocenters. The first kappa shape index (κ1) is 16.2. The quantitative estimate of drug-likeness (QED) is 0.648. The Balaban J connectivity index is 4.27. The lowest BCUT2D eigenvalue weighted by Gasteiger charge is -2.25. The van der Waals surface area contributed by atoms with Gasteiger partial charge in [-0.2, -0.15) is 0 Å². The van der Waals surface area contributed by atoms with E-state index in [1.54, 1.807) is 20.8 Å². The van der Waals surface area contributed by atoms with Crippen molar-refractivity contribution >= 4 is 18.0 Å². The van der Waals surface area contributed by atoms with Gasteiger partial charge in [-0.15, -0.1) is 0 Å². The third-order valence-corrected chi connectivity index (χ3v) is 2.10. The van der Waals surface area contributed by atoms with E-state index in [-0.39, 0.29) is 32.2 Å². The van der Waals surface area contributed by atoms with Crippen LogP contribution in [0.5, 0.6) is 0 Å². The zero-order valence-corrected chi connectivity index (χ0v) is 10.9. The van der Waals surface area contributed by atoms with Crippen molar-refractivity contribution in [3.8, 4) is 0 Å². The maximum Gasteiger partial charge on any atom is 0.325 e. The Morgan fingerprint density at radius 3 is 2.39 bits per heavy atom. The molecule has 7 nitrogen and oxygen atoms in total. The summed E-state index contributed by atoms with van der Waals surface area (Å²) >= 11 is 0. The number of hydrogen-bond donors (Lipinski definition) is 2. The molecule has 0 saturated carbocycles. The molecule has 2 N–H and O–H groups in total. The normalized spacial score (nSPS) is 10.0. The molecule has 2 amide bonds. The van der Waals surface area contributed by atoms with E-state index in [4.69, 9.17) is 9.84 Å². The number of carbonyl (C=O) groups is 3. The molecular formula is C11H20N2O5. The van der Waals surface area contributed by atoms with Gasteiger partial charge in [0.15, 0.2) is 0 Å². The average Bonchev–Trinajstić information content (AvgIpc) is 2.25. The second-order valence-corrected chi connectivity index (χ2v) is 3.90. The van der Waals surface area contributed by atoms with Crippen LogP contribution in [0.25, 0.3) is 0 Å². The number of urea groups is 1. The van der Waals surface area contributed by atoms with E-state index in [1.165, 1.54) is 4.90 Å². The zero-order valence-electron chi connectivity index (χ0n) is 10.9. The highest BCUT2D eigenvalue weighted by molar-refractivity contribution is 5.81. The molecule has 0 bridgehead atoms. The minimum absolute atomic E-state index is 0.0280. The van der Waals surface area contributed by atoms with E-state index < -0.39 is 18.0 Å². The Bertz CT molecular complexity index is 304. The van der Waals surface area contributed by atoms with Gasteiger partial charge in [0.1, 0.15) is 6.54 Å². The van der Waals surface area contributed by atoms with Gasteiger partial charge in [0.2, 0.25) is 0 Å². The van der Waals surface area contributed by atoms with E-state index in [1.807, 2.05) is 0 Å². The zero-order chi connectivity index (χ0) is 14.1. The Morgan fingerprint density at radius 1 is 1.33 bits per heavy atom. The van der Waals surface area contributed by atoms with Crippen LogP contribution in [0.15, 0.2) is 0 Å². The maximum atomic E-state index is 11.7. The van der Waals surface area contributed by atoms with Gasteiger partial charge in [-0.25, -0.2) is 4.79 Å². The summed E-state index contributed by atoms with van der Waals surface area (Å²) in [5.41, 5.74) is 0. The molecule has 0 spiro atoms. The summed E-state index contributed by atoms with van der Waals surface area (Å²) in [6.45, 7) is 5.34. The van der Waals surface area contributed by atoms with Crippen molar-refractivity contribution in [3.63, 3.8) is 0 Å². The molecule has 7 heteroatoms. The molecule has 0 fully saturated rings. The van der Waals surface area contributed by atoms with Crippen LogP contribution < -0.4 is 5.32 Å². The van der Waals surface area contributed by atoms with Crippen LogP contribution in [0.3, 0.4) is 0 Å². The molecule has 0 radical (unpaired) electrons. The standard InChI is InChI=1S/C11H20N2O5/c1-4-18-10(16)7-13(8(2)3)11(17)12-6-5-9(14)15/h8H,4-7H2,1-3H3,(H,12,17)(H,14,15). The lowest BCUT2D eigenvalue weighted by Crippen LogP contribution is -2.47. The molecule has 0 heterocycles. The summed E-state index contributed by atoms with van der Waals surface area (Å²) in [7, 11) is 0. The number of nitrogens with one attached hydrogen (secondary N) is 1. The molecule has 0 aliphatic heterocycles. The predicted octanol–water partition coefficient (Wildman–Crippen LogP) is 0.444. The minimum atomic E-state index is -0.989. The molecule has 0 aromatic heterocycles. The first-order chi connectivity index (χ1) is 8.38. The summed E-state index contributed by atoms with van der Waals surface area (Å²) in [4.78, 5) is 34.6. The van der Waals surface area contributed by atoms with Gasteiger partial charge in [-0.1, -0.05) is 0 Å². The third-order valence-electron chi connectivity index (χ3n) is 2.10. The number of carbonyl (C=O) groups excluding carboxylic acids is 2. The van der Waals surface area contributed by atoms with Crippen molar-refractivity contribution < 1.29 is 24.2 Å². The summed E-state index contributed by atoms with van der Waals surface area (Å²) in [6, 6.07) is -0.654.